The molecule has 12 atom stereocenters. The molecule has 0 aromatic heterocycles. The summed E-state index contributed by atoms with van der Waals surface area (Å²) in [5.74, 6) is -13.0. The van der Waals surface area contributed by atoms with Gasteiger partial charge in [-0.15, -0.1) is 0 Å². The molecule has 0 fully saturated rings. The molecule has 1 aromatic rings. The third-order valence-corrected chi connectivity index (χ3v) is 11.8. The minimum absolute atomic E-state index is 0.0669. The molecule has 0 bridgehead atoms. The molecule has 1 aromatic carbocycles. The van der Waals surface area contributed by atoms with Gasteiger partial charge in [0.1, 0.15) is 60.1 Å². The van der Waals surface area contributed by atoms with Crippen molar-refractivity contribution in [1.29, 1.82) is 0 Å². The number of aromatic hydroxyl groups is 1. The Bertz CT molecular complexity index is 2090. The number of hydrogen-bond acceptors (Lipinski definition) is 15. The molecule has 27 heteroatoms. The van der Waals surface area contributed by atoms with E-state index in [0.717, 1.165) is 6.92 Å². The Morgan fingerprint density at radius 1 is 0.589 bits per heavy atom. The van der Waals surface area contributed by atoms with Gasteiger partial charge in [-0.05, 0) is 62.1 Å². The van der Waals surface area contributed by atoms with Crippen molar-refractivity contribution in [2.45, 2.75) is 154 Å². The fourth-order valence-corrected chi connectivity index (χ4v) is 6.85. The number of aliphatic hydroxyl groups excluding tert-OH is 2. The van der Waals surface area contributed by atoms with Crippen molar-refractivity contribution >= 4 is 65.2 Å². The monoisotopic (exact) mass is 1040 g/mol. The first-order chi connectivity index (χ1) is 34.1. The zero-order chi connectivity index (χ0) is 55.9. The number of guanidine groups is 1. The standard InChI is InChI=1S/C46H76N12O15/c1-9-22(5)34(56-38(65)28(47)20-59)42(69)57-35(23(6)10-2)43(70)58-36(25(8)60)44(71)54-31(19-32(62)63)40(67)55-33(21(3)4)41(68)53-30(18-26-13-15-27(61)16-14-26)39(66)51-24(7)37(64)52-29(45(72)73)12-11-17-50-46(48)49/h13-16,21-25,28-31,33-36,59-61H,9-12,17-20,47H2,1-8H3,(H,51,66)(H,52,64)(H,53,68)(H,54,71)(H,55,67)(H,56,65)(H,57,69)(H,58,70)(H,62,63)(H,72,73)(H4,48,49,50)/t22-,23-,24-,25+,28-,29-,30-,31-,33-,34-,35-,36-/m0/s1. The van der Waals surface area contributed by atoms with Gasteiger partial charge in [0, 0.05) is 13.0 Å². The third kappa shape index (κ3) is 22.0. The van der Waals surface area contributed by atoms with Crippen LogP contribution < -0.4 is 59.7 Å². The number of benzene rings is 1. The molecule has 0 saturated heterocycles. The summed E-state index contributed by atoms with van der Waals surface area (Å²) in [4.78, 5) is 136. The molecule has 0 unspecified atom stereocenters. The average molecular weight is 1040 g/mol. The predicted octanol–water partition coefficient (Wildman–Crippen LogP) is -4.11. The van der Waals surface area contributed by atoms with Gasteiger partial charge < -0.3 is 85.3 Å². The number of nitrogens with two attached hydrogens (primary N) is 3. The zero-order valence-corrected chi connectivity index (χ0v) is 42.5. The van der Waals surface area contributed by atoms with Crippen molar-refractivity contribution in [3.05, 3.63) is 29.8 Å². The normalized spacial score (nSPS) is 16.1. The SMILES string of the molecule is CC[C@H](C)[C@H](NC(=O)[C@@H](NC(=O)[C@@H](N)CO)[C@@H](C)CC)C(=O)N[C@H](C(=O)N[C@@H](CC(=O)O)C(=O)N[C@H](C(=O)N[C@@H](Cc1ccc(O)cc1)C(=O)N[C@@H](C)C(=O)N[C@@H](CCCN=C(N)N)C(=O)O)C(C)C)[C@@H](C)O. The molecule has 1 rings (SSSR count). The van der Waals surface area contributed by atoms with Crippen molar-refractivity contribution in [3.63, 3.8) is 0 Å². The van der Waals surface area contributed by atoms with Gasteiger partial charge in [-0.3, -0.25) is 48.1 Å². The van der Waals surface area contributed by atoms with Crippen molar-refractivity contribution in [2.24, 2.45) is 39.9 Å². The fourth-order valence-electron chi connectivity index (χ4n) is 6.85. The molecular formula is C46H76N12O15. The number of aliphatic hydroxyl groups is 2. The number of aliphatic carboxylic acids is 2. The maximum atomic E-state index is 14.0. The number of carboxylic acid groups (broad SMARTS) is 2. The number of carbonyl (C=O) groups is 10. The largest absolute Gasteiger partial charge is 0.508 e. The molecule has 73 heavy (non-hydrogen) atoms. The molecule has 8 amide bonds. The quantitative estimate of drug-likeness (QED) is 0.0185. The topological polar surface area (TPSA) is 459 Å². The highest BCUT2D eigenvalue weighted by atomic mass is 16.4. The molecule has 27 nitrogen and oxygen atoms in total. The maximum Gasteiger partial charge on any atom is 0.326 e. The van der Waals surface area contributed by atoms with Crippen molar-refractivity contribution in [3.8, 4) is 5.75 Å². The van der Waals surface area contributed by atoms with Gasteiger partial charge in [0.15, 0.2) is 5.96 Å². The Morgan fingerprint density at radius 2 is 1.04 bits per heavy atom. The van der Waals surface area contributed by atoms with Crippen LogP contribution in [0.2, 0.25) is 0 Å². The van der Waals surface area contributed by atoms with Crippen LogP contribution in [0.3, 0.4) is 0 Å². The highest BCUT2D eigenvalue weighted by Gasteiger charge is 2.38. The summed E-state index contributed by atoms with van der Waals surface area (Å²) in [7, 11) is 0. The van der Waals surface area contributed by atoms with Crippen LogP contribution in [-0.2, 0) is 54.4 Å². The van der Waals surface area contributed by atoms with Gasteiger partial charge in [-0.1, -0.05) is 66.5 Å². The second-order valence-corrected chi connectivity index (χ2v) is 18.2. The van der Waals surface area contributed by atoms with Crippen molar-refractivity contribution in [2.75, 3.05) is 13.2 Å². The number of hydrogen-bond donors (Lipinski definition) is 16. The molecule has 0 heterocycles. The average Bonchev–Trinajstić information content (AvgIpc) is 3.32. The first-order valence-electron chi connectivity index (χ1n) is 23.8. The second kappa shape index (κ2) is 31.4. The lowest BCUT2D eigenvalue weighted by Gasteiger charge is -2.31. The van der Waals surface area contributed by atoms with Crippen LogP contribution >= 0.6 is 0 Å². The maximum absolute atomic E-state index is 14.0. The van der Waals surface area contributed by atoms with Crippen molar-refractivity contribution < 1.29 is 73.5 Å². The van der Waals surface area contributed by atoms with Crippen molar-refractivity contribution in [1.82, 2.24) is 42.5 Å². The Morgan fingerprint density at radius 3 is 1.51 bits per heavy atom. The molecule has 0 aliphatic heterocycles. The Balaban J connectivity index is 3.41. The minimum atomic E-state index is -1.94. The Kier molecular flexibility index (Phi) is 27.4. The van der Waals surface area contributed by atoms with Gasteiger partial charge in [0.2, 0.25) is 47.3 Å². The van der Waals surface area contributed by atoms with Crippen LogP contribution in [0.15, 0.2) is 29.3 Å². The summed E-state index contributed by atoms with van der Waals surface area (Å²) in [6.45, 7) is 11.5. The second-order valence-electron chi connectivity index (χ2n) is 18.2. The minimum Gasteiger partial charge on any atom is -0.508 e. The fraction of sp³-hybridized carbons (Fsp3) is 0.630. The number of amides is 8. The van der Waals surface area contributed by atoms with E-state index < -0.39 is 150 Å². The molecule has 0 aliphatic rings. The van der Waals surface area contributed by atoms with Gasteiger partial charge in [0.25, 0.3) is 0 Å². The number of aliphatic imine (C=N–C) groups is 1. The summed E-state index contributed by atoms with van der Waals surface area (Å²) in [6.07, 6.45) is -2.17. The van der Waals surface area contributed by atoms with Crippen LogP contribution in [0, 0.1) is 17.8 Å². The van der Waals surface area contributed by atoms with Crippen LogP contribution in [0.1, 0.15) is 93.1 Å². The summed E-state index contributed by atoms with van der Waals surface area (Å²) < 4.78 is 0. The first kappa shape index (κ1) is 63.9. The van der Waals surface area contributed by atoms with Gasteiger partial charge in [-0.25, -0.2) is 4.79 Å². The lowest BCUT2D eigenvalue weighted by molar-refractivity contribution is -0.143. The smallest absolute Gasteiger partial charge is 0.326 e. The number of phenolic OH excluding ortho intramolecular Hbond substituents is 1. The molecule has 19 N–H and O–H groups in total. The third-order valence-electron chi connectivity index (χ3n) is 11.8. The van der Waals surface area contributed by atoms with E-state index in [-0.39, 0.29) is 37.5 Å². The van der Waals surface area contributed by atoms with E-state index in [4.69, 9.17) is 17.2 Å². The lowest BCUT2D eigenvalue weighted by Crippen LogP contribution is -2.63. The van der Waals surface area contributed by atoms with Gasteiger partial charge in [0.05, 0.1) is 19.1 Å². The van der Waals surface area contributed by atoms with Gasteiger partial charge in [-0.2, -0.15) is 0 Å². The number of nitrogens with one attached hydrogen (secondary N) is 8. The van der Waals surface area contributed by atoms with Gasteiger partial charge >= 0.3 is 11.9 Å². The predicted molar refractivity (Wildman–Crippen MR) is 263 cm³/mol. The number of carboxylic acids is 2. The molecule has 410 valence electrons. The number of rotatable bonds is 32. The van der Waals surface area contributed by atoms with E-state index in [1.165, 1.54) is 45.0 Å². The van der Waals surface area contributed by atoms with Crippen LogP contribution in [-0.4, -0.2) is 164 Å². The van der Waals surface area contributed by atoms with Crippen LogP contribution in [0.25, 0.3) is 0 Å². The highest BCUT2D eigenvalue weighted by molar-refractivity contribution is 5.99. The molecule has 0 saturated carbocycles. The zero-order valence-electron chi connectivity index (χ0n) is 42.5. The number of phenols is 1. The Labute approximate surface area is 423 Å². The summed E-state index contributed by atoms with van der Waals surface area (Å²) >= 11 is 0. The molecule has 0 spiro atoms. The molecular weight excluding hydrogens is 961 g/mol. The summed E-state index contributed by atoms with van der Waals surface area (Å²) in [6, 6.07) is -7.93. The van der Waals surface area contributed by atoms with E-state index in [2.05, 4.69) is 47.5 Å². The van der Waals surface area contributed by atoms with E-state index in [1.54, 1.807) is 27.7 Å². The highest BCUT2D eigenvalue weighted by Crippen LogP contribution is 2.15. The lowest BCUT2D eigenvalue weighted by atomic mass is 9.94. The summed E-state index contributed by atoms with van der Waals surface area (Å²) in [5, 5.41) is 68.6. The van der Waals surface area contributed by atoms with Crippen LogP contribution in [0.5, 0.6) is 5.75 Å². The molecule has 0 aliphatic carbocycles. The number of nitrogens with zero attached hydrogens (tertiary/aromatic N) is 1. The van der Waals surface area contributed by atoms with Crippen LogP contribution in [0.4, 0.5) is 0 Å². The summed E-state index contributed by atoms with van der Waals surface area (Å²) in [5.41, 5.74) is 16.6. The number of carbonyl (C=O) groups excluding carboxylic acids is 8. The van der Waals surface area contributed by atoms with E-state index in [0.29, 0.717) is 18.4 Å². The van der Waals surface area contributed by atoms with E-state index >= 15 is 0 Å². The Hall–Kier alpha value is -7.13. The van der Waals surface area contributed by atoms with E-state index in [1.807, 2.05) is 0 Å². The molecule has 0 radical (unpaired) electrons. The first-order valence-corrected chi connectivity index (χ1v) is 23.8. The van der Waals surface area contributed by atoms with E-state index in [9.17, 15) is 73.5 Å².